The number of hydrogen-bond acceptors (Lipinski definition) is 2. The number of nitrogens with zero attached hydrogens (tertiary/aromatic N) is 2. The topological polar surface area (TPSA) is 25.2 Å². The molecule has 2 nitrogen and oxygen atoms in total. The molecule has 3 rings (SSSR count). The quantitative estimate of drug-likeness (QED) is 0.696. The van der Waals surface area contributed by atoms with Crippen molar-refractivity contribution in [2.75, 3.05) is 0 Å². The molecule has 2 heteroatoms. The van der Waals surface area contributed by atoms with Gasteiger partial charge in [0, 0.05) is 29.2 Å². The van der Waals surface area contributed by atoms with E-state index in [1.54, 1.807) is 6.20 Å². The number of pyridine rings is 1. The number of hydrogen-bond donors (Lipinski definition) is 0. The van der Waals surface area contributed by atoms with Crippen LogP contribution in [0.3, 0.4) is 0 Å². The van der Waals surface area contributed by atoms with Gasteiger partial charge >= 0.3 is 0 Å². The van der Waals surface area contributed by atoms with E-state index in [0.717, 1.165) is 17.0 Å². The van der Waals surface area contributed by atoms with E-state index in [9.17, 15) is 0 Å². The van der Waals surface area contributed by atoms with Gasteiger partial charge < -0.3 is 0 Å². The van der Waals surface area contributed by atoms with Crippen LogP contribution in [-0.4, -0.2) is 10.7 Å². The number of allylic oxidation sites excluding steroid dienone is 6. The van der Waals surface area contributed by atoms with Crippen LogP contribution in [0.5, 0.6) is 0 Å². The predicted octanol–water partition coefficient (Wildman–Crippen LogP) is 3.15. The maximum absolute atomic E-state index is 4.54. The van der Waals surface area contributed by atoms with Crippen LogP contribution in [0, 0.1) is 0 Å². The molecule has 0 N–H and O–H groups in total. The molecule has 1 aliphatic heterocycles. The second kappa shape index (κ2) is 3.27. The summed E-state index contributed by atoms with van der Waals surface area (Å²) < 4.78 is 0. The molecule has 78 valence electrons. The molecule has 2 aliphatic rings. The van der Waals surface area contributed by atoms with Crippen LogP contribution in [-0.2, 0) is 0 Å². The molecule has 16 heavy (non-hydrogen) atoms. The molecule has 1 aromatic rings. The van der Waals surface area contributed by atoms with E-state index in [2.05, 4.69) is 35.1 Å². The molecular formula is C14H12N2. The molecule has 0 spiro atoms. The minimum atomic E-state index is 1.08. The van der Waals surface area contributed by atoms with E-state index in [0.29, 0.717) is 0 Å². The first-order valence-corrected chi connectivity index (χ1v) is 5.36. The molecule has 0 saturated carbocycles. The van der Waals surface area contributed by atoms with Crippen LogP contribution in [0.2, 0.25) is 0 Å². The summed E-state index contributed by atoms with van der Waals surface area (Å²) in [6.07, 6.45) is 8.03. The summed E-state index contributed by atoms with van der Waals surface area (Å²) in [5, 5.41) is 0. The monoisotopic (exact) mass is 208 g/mol. The van der Waals surface area contributed by atoms with E-state index < -0.39 is 0 Å². The third-order valence-electron chi connectivity index (χ3n) is 2.89. The van der Waals surface area contributed by atoms with Gasteiger partial charge in [-0.05, 0) is 43.2 Å². The van der Waals surface area contributed by atoms with Crippen LogP contribution in [0.25, 0.3) is 5.57 Å². The minimum absolute atomic E-state index is 1.08. The maximum Gasteiger partial charge on any atom is 0.0741 e. The number of rotatable bonds is 1. The lowest BCUT2D eigenvalue weighted by molar-refractivity contribution is 1.31. The molecule has 1 aliphatic carbocycles. The fourth-order valence-corrected chi connectivity index (χ4v) is 2.18. The van der Waals surface area contributed by atoms with Crippen LogP contribution in [0.4, 0.5) is 0 Å². The minimum Gasteiger partial charge on any atom is -0.264 e. The van der Waals surface area contributed by atoms with Gasteiger partial charge in [0.05, 0.1) is 5.71 Å². The molecule has 0 bridgehead atoms. The smallest absolute Gasteiger partial charge is 0.0741 e. The van der Waals surface area contributed by atoms with Crippen molar-refractivity contribution in [3.8, 4) is 0 Å². The highest BCUT2D eigenvalue weighted by Gasteiger charge is 2.23. The van der Waals surface area contributed by atoms with E-state index in [-0.39, 0.29) is 0 Å². The zero-order valence-corrected chi connectivity index (χ0v) is 9.36. The lowest BCUT2D eigenvalue weighted by atomic mass is 10.0. The first-order valence-electron chi connectivity index (χ1n) is 5.36. The zero-order valence-electron chi connectivity index (χ0n) is 9.36. The van der Waals surface area contributed by atoms with E-state index in [1.165, 1.54) is 16.7 Å². The molecule has 0 unspecified atom stereocenters. The molecule has 0 fully saturated rings. The summed E-state index contributed by atoms with van der Waals surface area (Å²) in [6, 6.07) is 4.05. The predicted molar refractivity (Wildman–Crippen MR) is 66.1 cm³/mol. The van der Waals surface area contributed by atoms with Crippen LogP contribution in [0.1, 0.15) is 19.4 Å². The van der Waals surface area contributed by atoms with E-state index in [1.807, 2.05) is 19.2 Å². The van der Waals surface area contributed by atoms with Gasteiger partial charge in [-0.25, -0.2) is 0 Å². The lowest BCUT2D eigenvalue weighted by Crippen LogP contribution is -1.94. The standard InChI is InChI=1S/C14H12N2/c1-9-6-12(11-4-3-5-15-8-11)13-7-10(2)16-14(9)13/h3-8H,1-2H3. The average Bonchev–Trinajstić information content (AvgIpc) is 2.80. The molecule has 0 aromatic carbocycles. The third kappa shape index (κ3) is 1.27. The first kappa shape index (κ1) is 9.28. The summed E-state index contributed by atoms with van der Waals surface area (Å²) in [7, 11) is 0. The Morgan fingerprint density at radius 2 is 1.94 bits per heavy atom. The van der Waals surface area contributed by atoms with E-state index in [4.69, 9.17) is 0 Å². The second-order valence-electron chi connectivity index (χ2n) is 4.14. The average molecular weight is 208 g/mol. The molecule has 2 heterocycles. The fraction of sp³-hybridized carbons (Fsp3) is 0.143. The largest absolute Gasteiger partial charge is 0.264 e. The molecule has 1 aromatic heterocycles. The van der Waals surface area contributed by atoms with Crippen molar-refractivity contribution in [3.05, 3.63) is 59.1 Å². The van der Waals surface area contributed by atoms with Crippen molar-refractivity contribution in [1.82, 2.24) is 4.98 Å². The molecule has 0 radical (unpaired) electrons. The van der Waals surface area contributed by atoms with Crippen LogP contribution in [0.15, 0.2) is 58.5 Å². The van der Waals surface area contributed by atoms with Gasteiger partial charge in [-0.1, -0.05) is 6.07 Å². The fourth-order valence-electron chi connectivity index (χ4n) is 2.18. The van der Waals surface area contributed by atoms with Gasteiger partial charge in [0.1, 0.15) is 0 Å². The summed E-state index contributed by atoms with van der Waals surface area (Å²) in [6.45, 7) is 4.14. The summed E-state index contributed by atoms with van der Waals surface area (Å²) in [5.41, 5.74) is 7.08. The summed E-state index contributed by atoms with van der Waals surface area (Å²) in [5.74, 6) is 0. The molecule has 0 amide bonds. The van der Waals surface area contributed by atoms with Crippen molar-refractivity contribution < 1.29 is 0 Å². The Labute approximate surface area is 94.8 Å². The molecule has 0 saturated heterocycles. The first-order chi connectivity index (χ1) is 7.75. The number of aromatic nitrogens is 1. The van der Waals surface area contributed by atoms with Crippen LogP contribution < -0.4 is 0 Å². The Morgan fingerprint density at radius 1 is 1.06 bits per heavy atom. The Balaban J connectivity index is 2.19. The van der Waals surface area contributed by atoms with Crippen LogP contribution >= 0.6 is 0 Å². The number of aliphatic imine (C=N–C) groups is 1. The lowest BCUT2D eigenvalue weighted by Gasteiger charge is -2.00. The SMILES string of the molecule is CC1=CC2=C(c3cccnc3)C=C(C)C2=N1. The van der Waals surface area contributed by atoms with Gasteiger partial charge in [0.15, 0.2) is 0 Å². The van der Waals surface area contributed by atoms with Crippen molar-refractivity contribution in [3.63, 3.8) is 0 Å². The van der Waals surface area contributed by atoms with Crippen molar-refractivity contribution >= 4 is 11.3 Å². The summed E-state index contributed by atoms with van der Waals surface area (Å²) >= 11 is 0. The van der Waals surface area contributed by atoms with E-state index >= 15 is 0 Å². The highest BCUT2D eigenvalue weighted by atomic mass is 14.8. The normalized spacial score (nSPS) is 18.2. The van der Waals surface area contributed by atoms with Gasteiger partial charge in [-0.15, -0.1) is 0 Å². The van der Waals surface area contributed by atoms with Gasteiger partial charge in [-0.3, -0.25) is 9.98 Å². The van der Waals surface area contributed by atoms with Crippen molar-refractivity contribution in [1.29, 1.82) is 0 Å². The Bertz CT molecular complexity index is 572. The summed E-state index contributed by atoms with van der Waals surface area (Å²) in [4.78, 5) is 8.70. The third-order valence-corrected chi connectivity index (χ3v) is 2.89. The van der Waals surface area contributed by atoms with Crippen molar-refractivity contribution in [2.45, 2.75) is 13.8 Å². The molecule has 0 atom stereocenters. The second-order valence-corrected chi connectivity index (χ2v) is 4.14. The van der Waals surface area contributed by atoms with Crippen molar-refractivity contribution in [2.24, 2.45) is 4.99 Å². The number of fused-ring (bicyclic) bond motifs is 1. The molecular weight excluding hydrogens is 196 g/mol. The highest BCUT2D eigenvalue weighted by Crippen LogP contribution is 2.35. The Morgan fingerprint density at radius 3 is 2.69 bits per heavy atom. The van der Waals surface area contributed by atoms with Gasteiger partial charge in [0.2, 0.25) is 0 Å². The maximum atomic E-state index is 4.54. The Hall–Kier alpha value is -1.96. The van der Waals surface area contributed by atoms with Gasteiger partial charge in [0.25, 0.3) is 0 Å². The Kier molecular flexibility index (Phi) is 1.90. The van der Waals surface area contributed by atoms with Gasteiger partial charge in [-0.2, -0.15) is 0 Å². The highest BCUT2D eigenvalue weighted by molar-refractivity contribution is 6.25. The zero-order chi connectivity index (χ0) is 11.1.